The van der Waals surface area contributed by atoms with Crippen LogP contribution in [0.1, 0.15) is 181 Å². The zero-order chi connectivity index (χ0) is 37.7. The fraction of sp³-hybridized carbons (Fsp3) is 0.850. The standard InChI is InChI=1S/C40H75O10P/c1-3-5-7-9-11-12-13-14-15-16-17-18-19-20-21-22-23-24-26-28-30-32-40(44)50-38(36-49-51(45,46)48-34-37(42)33-41)35-47-39(43)31-29-27-25-10-8-6-4-2/h13-14,16-17,37-38,41-42H,3-12,15,18-36H2,1-2H3,(H,45,46)/b14-13-,17-16-. The van der Waals surface area contributed by atoms with Gasteiger partial charge < -0.3 is 24.6 Å². The molecule has 11 heteroatoms. The second kappa shape index (κ2) is 36.8. The fourth-order valence-electron chi connectivity index (χ4n) is 5.43. The molecule has 0 saturated heterocycles. The van der Waals surface area contributed by atoms with Crippen molar-refractivity contribution >= 4 is 19.8 Å². The second-order valence-corrected chi connectivity index (χ2v) is 15.1. The molecule has 0 bridgehead atoms. The van der Waals surface area contributed by atoms with E-state index in [1.165, 1.54) is 89.9 Å². The summed E-state index contributed by atoms with van der Waals surface area (Å²) >= 11 is 0. The van der Waals surface area contributed by atoms with Crippen LogP contribution in [0.3, 0.4) is 0 Å². The topological polar surface area (TPSA) is 149 Å². The summed E-state index contributed by atoms with van der Waals surface area (Å²) < 4.78 is 32.5. The van der Waals surface area contributed by atoms with Crippen LogP contribution in [0.25, 0.3) is 0 Å². The van der Waals surface area contributed by atoms with Gasteiger partial charge in [-0.15, -0.1) is 0 Å². The number of aliphatic hydroxyl groups excluding tert-OH is 2. The molecule has 0 heterocycles. The van der Waals surface area contributed by atoms with Crippen molar-refractivity contribution in [3.8, 4) is 0 Å². The van der Waals surface area contributed by atoms with Gasteiger partial charge in [0, 0.05) is 12.8 Å². The molecule has 0 fully saturated rings. The molecule has 0 aliphatic heterocycles. The molecule has 0 aromatic carbocycles. The minimum absolute atomic E-state index is 0.181. The van der Waals surface area contributed by atoms with Gasteiger partial charge in [0.05, 0.1) is 19.8 Å². The van der Waals surface area contributed by atoms with Crippen molar-refractivity contribution in [2.24, 2.45) is 0 Å². The van der Waals surface area contributed by atoms with E-state index in [0.29, 0.717) is 12.8 Å². The number of unbranched alkanes of at least 4 members (excludes halogenated alkanes) is 20. The van der Waals surface area contributed by atoms with Gasteiger partial charge in [-0.2, -0.15) is 0 Å². The van der Waals surface area contributed by atoms with Crippen LogP contribution in [-0.2, 0) is 32.7 Å². The number of allylic oxidation sites excluding steroid dienone is 4. The highest BCUT2D eigenvalue weighted by atomic mass is 31.2. The molecule has 10 nitrogen and oxygen atoms in total. The molecule has 0 aromatic rings. The van der Waals surface area contributed by atoms with E-state index in [-0.39, 0.29) is 19.4 Å². The van der Waals surface area contributed by atoms with E-state index in [1.807, 2.05) is 0 Å². The lowest BCUT2D eigenvalue weighted by molar-refractivity contribution is -0.161. The molecule has 0 rings (SSSR count). The number of hydrogen-bond donors (Lipinski definition) is 3. The average Bonchev–Trinajstić information content (AvgIpc) is 3.12. The van der Waals surface area contributed by atoms with Gasteiger partial charge in [-0.25, -0.2) is 4.57 Å². The number of rotatable bonds is 38. The van der Waals surface area contributed by atoms with Gasteiger partial charge in [-0.05, 0) is 44.9 Å². The molecule has 300 valence electrons. The third-order valence-electron chi connectivity index (χ3n) is 8.61. The van der Waals surface area contributed by atoms with Crippen molar-refractivity contribution < 1.29 is 47.8 Å². The Labute approximate surface area is 310 Å². The predicted octanol–water partition coefficient (Wildman–Crippen LogP) is 10.2. The Bertz CT molecular complexity index is 910. The first-order valence-electron chi connectivity index (χ1n) is 20.3. The molecule has 0 amide bonds. The Balaban J connectivity index is 4.19. The van der Waals surface area contributed by atoms with E-state index < -0.39 is 51.8 Å². The van der Waals surface area contributed by atoms with Gasteiger partial charge in [0.25, 0.3) is 0 Å². The number of carbonyl (C=O) groups excluding carboxylic acids is 2. The Morgan fingerprint density at radius 3 is 1.51 bits per heavy atom. The van der Waals surface area contributed by atoms with Crippen molar-refractivity contribution in [2.45, 2.75) is 193 Å². The van der Waals surface area contributed by atoms with Gasteiger partial charge in [0.2, 0.25) is 0 Å². The maximum atomic E-state index is 12.5. The predicted molar refractivity (Wildman–Crippen MR) is 205 cm³/mol. The first-order chi connectivity index (χ1) is 24.7. The van der Waals surface area contributed by atoms with Crippen LogP contribution >= 0.6 is 7.82 Å². The highest BCUT2D eigenvalue weighted by Gasteiger charge is 2.27. The van der Waals surface area contributed by atoms with Crippen molar-refractivity contribution in [1.29, 1.82) is 0 Å². The lowest BCUT2D eigenvalue weighted by Gasteiger charge is -2.20. The zero-order valence-corrected chi connectivity index (χ0v) is 33.2. The lowest BCUT2D eigenvalue weighted by atomic mass is 10.1. The largest absolute Gasteiger partial charge is 0.472 e. The molecule has 3 unspecified atom stereocenters. The summed E-state index contributed by atoms with van der Waals surface area (Å²) in [7, 11) is -4.61. The van der Waals surface area contributed by atoms with Crippen LogP contribution in [0.4, 0.5) is 0 Å². The number of phosphoric acid groups is 1. The summed E-state index contributed by atoms with van der Waals surface area (Å²) in [6.07, 6.45) is 34.6. The number of ether oxygens (including phenoxy) is 2. The molecule has 0 aromatic heterocycles. The lowest BCUT2D eigenvalue weighted by Crippen LogP contribution is -2.29. The quantitative estimate of drug-likeness (QED) is 0.0241. The monoisotopic (exact) mass is 747 g/mol. The van der Waals surface area contributed by atoms with Gasteiger partial charge in [-0.3, -0.25) is 18.6 Å². The number of aliphatic hydroxyl groups is 2. The van der Waals surface area contributed by atoms with Gasteiger partial charge in [0.15, 0.2) is 6.10 Å². The minimum Gasteiger partial charge on any atom is -0.462 e. The number of phosphoric ester groups is 1. The molecule has 0 aliphatic carbocycles. The van der Waals surface area contributed by atoms with E-state index in [9.17, 15) is 24.2 Å². The third-order valence-corrected chi connectivity index (χ3v) is 9.56. The number of hydrogen-bond acceptors (Lipinski definition) is 9. The van der Waals surface area contributed by atoms with Crippen LogP contribution in [-0.4, -0.2) is 65.7 Å². The molecule has 0 saturated carbocycles. The smallest absolute Gasteiger partial charge is 0.462 e. The molecule has 51 heavy (non-hydrogen) atoms. The van der Waals surface area contributed by atoms with Crippen molar-refractivity contribution in [3.63, 3.8) is 0 Å². The van der Waals surface area contributed by atoms with Crippen LogP contribution < -0.4 is 0 Å². The van der Waals surface area contributed by atoms with E-state index in [0.717, 1.165) is 51.4 Å². The summed E-state index contributed by atoms with van der Waals surface area (Å²) in [5.41, 5.74) is 0. The van der Waals surface area contributed by atoms with Crippen LogP contribution in [0, 0.1) is 0 Å². The van der Waals surface area contributed by atoms with Crippen molar-refractivity contribution in [3.05, 3.63) is 24.3 Å². The maximum Gasteiger partial charge on any atom is 0.472 e. The highest BCUT2D eigenvalue weighted by molar-refractivity contribution is 7.47. The van der Waals surface area contributed by atoms with Gasteiger partial charge in [-0.1, -0.05) is 147 Å². The summed E-state index contributed by atoms with van der Waals surface area (Å²) in [4.78, 5) is 34.7. The maximum absolute atomic E-state index is 12.5. The summed E-state index contributed by atoms with van der Waals surface area (Å²) in [6, 6.07) is 0. The van der Waals surface area contributed by atoms with Crippen molar-refractivity contribution in [2.75, 3.05) is 26.4 Å². The minimum atomic E-state index is -4.61. The van der Waals surface area contributed by atoms with E-state index >= 15 is 0 Å². The Kier molecular flexibility index (Phi) is 35.7. The number of carbonyl (C=O) groups is 2. The van der Waals surface area contributed by atoms with E-state index in [2.05, 4.69) is 42.7 Å². The van der Waals surface area contributed by atoms with E-state index in [1.54, 1.807) is 0 Å². The number of esters is 2. The first kappa shape index (κ1) is 49.5. The summed E-state index contributed by atoms with van der Waals surface area (Å²) in [5.74, 6) is -0.933. The SMILES string of the molecule is CCCCCCC/C=C\C/C=C\CCCCCCCCCCCC(=O)OC(COC(=O)CCCCCCCCC)COP(=O)(O)OCC(O)CO. The summed E-state index contributed by atoms with van der Waals surface area (Å²) in [5, 5.41) is 18.3. The Hall–Kier alpha value is -1.55. The summed E-state index contributed by atoms with van der Waals surface area (Å²) in [6.45, 7) is 2.31. The fourth-order valence-corrected chi connectivity index (χ4v) is 6.22. The van der Waals surface area contributed by atoms with Crippen LogP contribution in [0.15, 0.2) is 24.3 Å². The van der Waals surface area contributed by atoms with Crippen molar-refractivity contribution in [1.82, 2.24) is 0 Å². The first-order valence-corrected chi connectivity index (χ1v) is 21.8. The van der Waals surface area contributed by atoms with Crippen LogP contribution in [0.5, 0.6) is 0 Å². The molecular weight excluding hydrogens is 671 g/mol. The van der Waals surface area contributed by atoms with Gasteiger partial charge in [0.1, 0.15) is 12.7 Å². The Morgan fingerprint density at radius 2 is 1.02 bits per heavy atom. The average molecular weight is 747 g/mol. The molecule has 0 spiro atoms. The molecule has 0 aliphatic rings. The molecule has 3 atom stereocenters. The Morgan fingerprint density at radius 1 is 0.588 bits per heavy atom. The third kappa shape index (κ3) is 36.6. The second-order valence-electron chi connectivity index (χ2n) is 13.7. The highest BCUT2D eigenvalue weighted by Crippen LogP contribution is 2.43. The molecule has 3 N–H and O–H groups in total. The van der Waals surface area contributed by atoms with Crippen LogP contribution in [0.2, 0.25) is 0 Å². The molecule has 0 radical (unpaired) electrons. The van der Waals surface area contributed by atoms with Gasteiger partial charge >= 0.3 is 19.8 Å². The van der Waals surface area contributed by atoms with E-state index in [4.69, 9.17) is 19.1 Å². The molecular formula is C40H75O10P. The zero-order valence-electron chi connectivity index (χ0n) is 32.3. The normalized spacial score (nSPS) is 14.2.